The number of halogens is 3. The molecule has 0 saturated carbocycles. The number of hydrogen-bond acceptors (Lipinski definition) is 3. The highest BCUT2D eigenvalue weighted by molar-refractivity contribution is 9.10. The predicted molar refractivity (Wildman–Crippen MR) is 118 cm³/mol. The van der Waals surface area contributed by atoms with Crippen molar-refractivity contribution in [2.24, 2.45) is 0 Å². The van der Waals surface area contributed by atoms with E-state index in [0.717, 1.165) is 21.4 Å². The first kappa shape index (κ1) is 21.1. The number of amides is 1. The van der Waals surface area contributed by atoms with E-state index in [-0.39, 0.29) is 18.3 Å². The van der Waals surface area contributed by atoms with Crippen LogP contribution in [0.3, 0.4) is 0 Å². The number of carbonyl (C=O) groups excluding carboxylic acids is 1. The molecular formula is C22H19BrClFN2O2. The van der Waals surface area contributed by atoms with Crippen LogP contribution in [-0.4, -0.2) is 5.91 Å². The van der Waals surface area contributed by atoms with E-state index < -0.39 is 0 Å². The number of hydrogen-bond donors (Lipinski definition) is 2. The summed E-state index contributed by atoms with van der Waals surface area (Å²) >= 11 is 9.56. The lowest BCUT2D eigenvalue weighted by Gasteiger charge is -2.14. The zero-order valence-corrected chi connectivity index (χ0v) is 18.0. The number of ether oxygens (including phenoxy) is 1. The molecule has 0 aliphatic carbocycles. The lowest BCUT2D eigenvalue weighted by molar-refractivity contribution is -0.114. The number of carbonyl (C=O) groups is 1. The fraction of sp³-hybridized carbons (Fsp3) is 0.136. The fourth-order valence-electron chi connectivity index (χ4n) is 2.69. The topological polar surface area (TPSA) is 50.4 Å². The van der Waals surface area contributed by atoms with Gasteiger partial charge in [0.25, 0.3) is 0 Å². The molecule has 0 unspecified atom stereocenters. The van der Waals surface area contributed by atoms with E-state index in [1.165, 1.54) is 19.1 Å². The molecule has 3 rings (SSSR count). The maximum absolute atomic E-state index is 13.2. The van der Waals surface area contributed by atoms with E-state index in [2.05, 4.69) is 26.6 Å². The van der Waals surface area contributed by atoms with Gasteiger partial charge in [-0.15, -0.1) is 0 Å². The lowest BCUT2D eigenvalue weighted by Crippen LogP contribution is -2.06. The van der Waals surface area contributed by atoms with Crippen LogP contribution in [0.2, 0.25) is 5.02 Å². The van der Waals surface area contributed by atoms with Crippen molar-refractivity contribution in [3.8, 4) is 5.75 Å². The van der Waals surface area contributed by atoms with Gasteiger partial charge in [-0.3, -0.25) is 4.79 Å². The van der Waals surface area contributed by atoms with Crippen molar-refractivity contribution in [2.75, 3.05) is 10.6 Å². The highest BCUT2D eigenvalue weighted by Gasteiger charge is 2.08. The smallest absolute Gasteiger partial charge is 0.221 e. The second kappa shape index (κ2) is 9.76. The lowest BCUT2D eigenvalue weighted by atomic mass is 10.2. The molecule has 3 aromatic rings. The van der Waals surface area contributed by atoms with E-state index in [9.17, 15) is 9.18 Å². The molecule has 0 fully saturated rings. The third-order valence-corrected chi connectivity index (χ3v) is 4.95. The van der Waals surface area contributed by atoms with Crippen LogP contribution in [0.1, 0.15) is 18.1 Å². The van der Waals surface area contributed by atoms with Gasteiger partial charge in [-0.2, -0.15) is 0 Å². The summed E-state index contributed by atoms with van der Waals surface area (Å²) < 4.78 is 20.1. The van der Waals surface area contributed by atoms with Gasteiger partial charge in [0, 0.05) is 40.4 Å². The van der Waals surface area contributed by atoms with E-state index in [1.54, 1.807) is 6.07 Å². The molecule has 0 aliphatic rings. The van der Waals surface area contributed by atoms with Gasteiger partial charge in [0.1, 0.15) is 18.2 Å². The Morgan fingerprint density at radius 3 is 2.45 bits per heavy atom. The molecule has 0 bridgehead atoms. The van der Waals surface area contributed by atoms with Gasteiger partial charge >= 0.3 is 0 Å². The Morgan fingerprint density at radius 2 is 1.76 bits per heavy atom. The molecule has 2 N–H and O–H groups in total. The van der Waals surface area contributed by atoms with Gasteiger partial charge in [-0.25, -0.2) is 4.39 Å². The standard InChI is InChI=1S/C22H19BrClFN2O2/c1-14(28)27-20-7-5-19(6-8-20)26-12-16-10-17(23)3-9-22(16)29-13-15-2-4-18(25)11-21(15)24/h2-11,26H,12-13H2,1H3,(H,27,28). The number of benzene rings is 3. The zero-order valence-electron chi connectivity index (χ0n) is 15.6. The summed E-state index contributed by atoms with van der Waals surface area (Å²) in [6.07, 6.45) is 0. The van der Waals surface area contributed by atoms with Gasteiger partial charge in [-0.05, 0) is 54.6 Å². The van der Waals surface area contributed by atoms with E-state index in [4.69, 9.17) is 16.3 Å². The first-order valence-electron chi connectivity index (χ1n) is 8.87. The third kappa shape index (κ3) is 6.21. The van der Waals surface area contributed by atoms with Crippen LogP contribution in [0.15, 0.2) is 65.1 Å². The molecule has 0 spiro atoms. The van der Waals surface area contributed by atoms with Crippen molar-refractivity contribution in [1.82, 2.24) is 0 Å². The highest BCUT2D eigenvalue weighted by Crippen LogP contribution is 2.27. The van der Waals surface area contributed by atoms with Gasteiger partial charge < -0.3 is 15.4 Å². The molecule has 0 aliphatic heterocycles. The summed E-state index contributed by atoms with van der Waals surface area (Å²) in [4.78, 5) is 11.1. The van der Waals surface area contributed by atoms with Crippen molar-refractivity contribution >= 4 is 44.8 Å². The Hall–Kier alpha value is -2.57. The molecule has 0 radical (unpaired) electrons. The van der Waals surface area contributed by atoms with Crippen LogP contribution < -0.4 is 15.4 Å². The summed E-state index contributed by atoms with van der Waals surface area (Å²) in [6, 6.07) is 17.4. The minimum absolute atomic E-state index is 0.108. The van der Waals surface area contributed by atoms with Crippen LogP contribution >= 0.6 is 27.5 Å². The Morgan fingerprint density at radius 1 is 1.03 bits per heavy atom. The van der Waals surface area contributed by atoms with E-state index in [1.807, 2.05) is 42.5 Å². The van der Waals surface area contributed by atoms with Crippen LogP contribution in [0.25, 0.3) is 0 Å². The number of nitrogens with one attached hydrogen (secondary N) is 2. The summed E-state index contributed by atoms with van der Waals surface area (Å²) in [5, 5.41) is 6.41. The zero-order chi connectivity index (χ0) is 20.8. The van der Waals surface area contributed by atoms with Crippen molar-refractivity contribution in [3.63, 3.8) is 0 Å². The van der Waals surface area contributed by atoms with Crippen molar-refractivity contribution in [2.45, 2.75) is 20.1 Å². The Labute approximate surface area is 182 Å². The molecule has 0 aromatic heterocycles. The molecule has 4 nitrogen and oxygen atoms in total. The minimum Gasteiger partial charge on any atom is -0.488 e. The highest BCUT2D eigenvalue weighted by atomic mass is 79.9. The quantitative estimate of drug-likeness (QED) is 0.414. The molecule has 1 amide bonds. The maximum atomic E-state index is 13.2. The SMILES string of the molecule is CC(=O)Nc1ccc(NCc2cc(Br)ccc2OCc2ccc(F)cc2Cl)cc1. The Kier molecular flexibility index (Phi) is 7.12. The van der Waals surface area contributed by atoms with Crippen LogP contribution in [0.5, 0.6) is 5.75 Å². The second-order valence-corrected chi connectivity index (χ2v) is 7.71. The minimum atomic E-state index is -0.378. The molecule has 29 heavy (non-hydrogen) atoms. The van der Waals surface area contributed by atoms with Gasteiger partial charge in [0.2, 0.25) is 5.91 Å². The first-order valence-corrected chi connectivity index (χ1v) is 10.0. The van der Waals surface area contributed by atoms with E-state index >= 15 is 0 Å². The van der Waals surface area contributed by atoms with Crippen molar-refractivity contribution in [1.29, 1.82) is 0 Å². The normalized spacial score (nSPS) is 10.5. The monoisotopic (exact) mass is 476 g/mol. The largest absolute Gasteiger partial charge is 0.488 e. The summed E-state index contributed by atoms with van der Waals surface area (Å²) in [5.41, 5.74) is 3.31. The van der Waals surface area contributed by atoms with Crippen LogP contribution in [0, 0.1) is 5.82 Å². The molecule has 7 heteroatoms. The fourth-order valence-corrected chi connectivity index (χ4v) is 3.32. The molecule has 0 heterocycles. The molecule has 0 saturated heterocycles. The molecule has 0 atom stereocenters. The maximum Gasteiger partial charge on any atom is 0.221 e. The van der Waals surface area contributed by atoms with Gasteiger partial charge in [0.15, 0.2) is 0 Å². The summed E-state index contributed by atoms with van der Waals surface area (Å²) in [7, 11) is 0. The molecule has 150 valence electrons. The van der Waals surface area contributed by atoms with Gasteiger partial charge in [0.05, 0.1) is 5.02 Å². The number of anilines is 2. The van der Waals surface area contributed by atoms with Crippen molar-refractivity contribution < 1.29 is 13.9 Å². The summed E-state index contributed by atoms with van der Waals surface area (Å²) in [5.74, 6) is 0.218. The first-order chi connectivity index (χ1) is 13.9. The predicted octanol–water partition coefficient (Wildman–Crippen LogP) is 6.39. The van der Waals surface area contributed by atoms with Crippen LogP contribution in [0.4, 0.5) is 15.8 Å². The molecular weight excluding hydrogens is 459 g/mol. The Balaban J connectivity index is 1.67. The van der Waals surface area contributed by atoms with Gasteiger partial charge in [-0.1, -0.05) is 33.6 Å². The van der Waals surface area contributed by atoms with E-state index in [0.29, 0.717) is 22.9 Å². The van der Waals surface area contributed by atoms with Crippen molar-refractivity contribution in [3.05, 3.63) is 87.1 Å². The van der Waals surface area contributed by atoms with Crippen LogP contribution in [-0.2, 0) is 17.9 Å². The number of rotatable bonds is 7. The summed E-state index contributed by atoms with van der Waals surface area (Å²) in [6.45, 7) is 2.24. The third-order valence-electron chi connectivity index (χ3n) is 4.11. The Bertz CT molecular complexity index is 1010. The molecule has 3 aromatic carbocycles. The second-order valence-electron chi connectivity index (χ2n) is 6.39. The average Bonchev–Trinajstić information content (AvgIpc) is 2.67. The average molecular weight is 478 g/mol.